The molecule has 1 atom stereocenters. The second-order valence-electron chi connectivity index (χ2n) is 6.68. The molecule has 0 saturated carbocycles. The number of hydrogen-bond donors (Lipinski definition) is 2. The molecule has 6 nitrogen and oxygen atoms in total. The Labute approximate surface area is 148 Å². The molecule has 134 valence electrons. The van der Waals surface area contributed by atoms with E-state index >= 15 is 0 Å². The van der Waals surface area contributed by atoms with Gasteiger partial charge in [-0.3, -0.25) is 9.79 Å². The van der Waals surface area contributed by atoms with Crippen molar-refractivity contribution < 1.29 is 4.79 Å². The van der Waals surface area contributed by atoms with Crippen molar-refractivity contribution in [2.75, 3.05) is 26.7 Å². The second-order valence-corrected chi connectivity index (χ2v) is 7.57. The van der Waals surface area contributed by atoms with E-state index in [4.69, 9.17) is 5.73 Å². The topological polar surface area (TPSA) is 83.6 Å². The number of nitrogens with two attached hydrogens (primary N) is 1. The summed E-state index contributed by atoms with van der Waals surface area (Å²) < 4.78 is 0. The fourth-order valence-corrected chi connectivity index (χ4v) is 3.92. The normalized spacial score (nSPS) is 18.9. The van der Waals surface area contributed by atoms with Crippen LogP contribution in [-0.4, -0.2) is 48.4 Å². The first kappa shape index (κ1) is 18.7. The summed E-state index contributed by atoms with van der Waals surface area (Å²) >= 11 is 1.73. The van der Waals surface area contributed by atoms with Gasteiger partial charge in [-0.15, -0.1) is 11.3 Å². The highest BCUT2D eigenvalue weighted by atomic mass is 32.1. The lowest BCUT2D eigenvalue weighted by Gasteiger charge is -2.34. The highest BCUT2D eigenvalue weighted by Gasteiger charge is 2.23. The van der Waals surface area contributed by atoms with Crippen LogP contribution in [0, 0.1) is 5.92 Å². The molecule has 1 aromatic heterocycles. The molecule has 0 spiro atoms. The zero-order chi connectivity index (χ0) is 17.5. The fraction of sp³-hybridized carbons (Fsp3) is 0.706. The quantitative estimate of drug-likeness (QED) is 0.606. The smallest absolute Gasteiger partial charge is 0.217 e. The van der Waals surface area contributed by atoms with Crippen LogP contribution in [0.2, 0.25) is 0 Å². The van der Waals surface area contributed by atoms with Gasteiger partial charge in [-0.2, -0.15) is 0 Å². The Kier molecular flexibility index (Phi) is 7.02. The van der Waals surface area contributed by atoms with Gasteiger partial charge in [0, 0.05) is 50.8 Å². The molecule has 0 radical (unpaired) electrons. The lowest BCUT2D eigenvalue weighted by Crippen LogP contribution is -2.47. The lowest BCUT2D eigenvalue weighted by atomic mass is 9.95. The number of nitrogens with one attached hydrogen (secondary N) is 1. The third-order valence-electron chi connectivity index (χ3n) is 4.25. The molecule has 0 aromatic carbocycles. The van der Waals surface area contributed by atoms with Crippen molar-refractivity contribution in [3.63, 3.8) is 0 Å². The Morgan fingerprint density at radius 2 is 2.38 bits per heavy atom. The van der Waals surface area contributed by atoms with E-state index in [1.165, 1.54) is 5.01 Å². The largest absolute Gasteiger partial charge is 0.370 e. The van der Waals surface area contributed by atoms with Gasteiger partial charge in [-0.1, -0.05) is 13.8 Å². The molecule has 1 aliphatic heterocycles. The standard InChI is InChI=1S/C17H29N5OS/c1-12(2)16-21-14(11-24-16)6-7-20-17(19-3)22-8-4-5-13(10-22)9-15(18)23/h11-13H,4-10H2,1-3H3,(H2,18,23)(H,19,20). The third kappa shape index (κ3) is 5.47. The first-order valence-corrected chi connectivity index (χ1v) is 9.55. The number of aliphatic imine (C=N–C) groups is 1. The van der Waals surface area contributed by atoms with Gasteiger partial charge in [0.1, 0.15) is 0 Å². The average molecular weight is 352 g/mol. The number of amides is 1. The van der Waals surface area contributed by atoms with Gasteiger partial charge >= 0.3 is 0 Å². The van der Waals surface area contributed by atoms with Gasteiger partial charge in [0.15, 0.2) is 5.96 Å². The lowest BCUT2D eigenvalue weighted by molar-refractivity contribution is -0.119. The molecule has 1 fully saturated rings. The Balaban J connectivity index is 1.82. The van der Waals surface area contributed by atoms with Crippen LogP contribution in [0.15, 0.2) is 10.4 Å². The van der Waals surface area contributed by atoms with E-state index in [1.807, 2.05) is 0 Å². The fourth-order valence-electron chi connectivity index (χ4n) is 3.05. The SMILES string of the molecule is CN=C(NCCc1csc(C(C)C)n1)N1CCCC(CC(N)=O)C1. The van der Waals surface area contributed by atoms with E-state index in [0.717, 1.165) is 50.6 Å². The summed E-state index contributed by atoms with van der Waals surface area (Å²) in [6.07, 6.45) is 3.49. The van der Waals surface area contributed by atoms with Crippen molar-refractivity contribution in [1.29, 1.82) is 0 Å². The van der Waals surface area contributed by atoms with E-state index in [0.29, 0.717) is 18.3 Å². The molecule has 1 aliphatic rings. The molecule has 3 N–H and O–H groups in total. The molecule has 2 heterocycles. The van der Waals surface area contributed by atoms with Crippen molar-refractivity contribution in [2.24, 2.45) is 16.6 Å². The monoisotopic (exact) mass is 351 g/mol. The van der Waals surface area contributed by atoms with Gasteiger partial charge in [0.2, 0.25) is 5.91 Å². The number of piperidine rings is 1. The van der Waals surface area contributed by atoms with Gasteiger partial charge in [0.25, 0.3) is 0 Å². The number of primary amides is 1. The van der Waals surface area contributed by atoms with E-state index < -0.39 is 0 Å². The molecule has 2 rings (SSSR count). The maximum atomic E-state index is 11.1. The number of nitrogens with zero attached hydrogens (tertiary/aromatic N) is 3. The molecular weight excluding hydrogens is 322 g/mol. The molecule has 1 unspecified atom stereocenters. The molecule has 1 saturated heterocycles. The van der Waals surface area contributed by atoms with Gasteiger partial charge in [-0.25, -0.2) is 4.98 Å². The number of thiazole rings is 1. The maximum Gasteiger partial charge on any atom is 0.217 e. The molecule has 0 bridgehead atoms. The molecule has 1 amide bonds. The molecular formula is C17H29N5OS. The number of carbonyl (C=O) groups excluding carboxylic acids is 1. The summed E-state index contributed by atoms with van der Waals surface area (Å²) in [5.41, 5.74) is 6.47. The van der Waals surface area contributed by atoms with E-state index in [-0.39, 0.29) is 5.91 Å². The van der Waals surface area contributed by atoms with Crippen LogP contribution in [0.3, 0.4) is 0 Å². The van der Waals surface area contributed by atoms with Gasteiger partial charge < -0.3 is 16.0 Å². The predicted molar refractivity (Wildman–Crippen MR) is 99.4 cm³/mol. The number of aromatic nitrogens is 1. The zero-order valence-corrected chi connectivity index (χ0v) is 15.7. The van der Waals surface area contributed by atoms with Crippen LogP contribution in [-0.2, 0) is 11.2 Å². The van der Waals surface area contributed by atoms with Crippen molar-refractivity contribution in [2.45, 2.75) is 45.4 Å². The van der Waals surface area contributed by atoms with Crippen LogP contribution in [0.25, 0.3) is 0 Å². The van der Waals surface area contributed by atoms with Crippen LogP contribution in [0.1, 0.15) is 49.7 Å². The van der Waals surface area contributed by atoms with Gasteiger partial charge in [-0.05, 0) is 18.8 Å². The van der Waals surface area contributed by atoms with E-state index in [1.54, 1.807) is 18.4 Å². The third-order valence-corrected chi connectivity index (χ3v) is 5.44. The number of likely N-dealkylation sites (tertiary alicyclic amines) is 1. The highest BCUT2D eigenvalue weighted by molar-refractivity contribution is 7.09. The minimum Gasteiger partial charge on any atom is -0.370 e. The molecule has 0 aliphatic carbocycles. The zero-order valence-electron chi connectivity index (χ0n) is 14.9. The first-order valence-electron chi connectivity index (χ1n) is 8.67. The number of guanidine groups is 1. The Morgan fingerprint density at radius 1 is 1.58 bits per heavy atom. The van der Waals surface area contributed by atoms with Crippen LogP contribution in [0.5, 0.6) is 0 Å². The minimum atomic E-state index is -0.214. The van der Waals surface area contributed by atoms with Crippen molar-refractivity contribution >= 4 is 23.2 Å². The summed E-state index contributed by atoms with van der Waals surface area (Å²) in [4.78, 5) is 22.4. The average Bonchev–Trinajstić information content (AvgIpc) is 3.00. The Morgan fingerprint density at radius 3 is 3.00 bits per heavy atom. The van der Waals surface area contributed by atoms with E-state index in [9.17, 15) is 4.79 Å². The van der Waals surface area contributed by atoms with Crippen LogP contribution in [0.4, 0.5) is 0 Å². The Bertz CT molecular complexity index is 569. The summed E-state index contributed by atoms with van der Waals surface area (Å²) in [6, 6.07) is 0. The second kappa shape index (κ2) is 9.01. The van der Waals surface area contributed by atoms with Crippen molar-refractivity contribution in [3.8, 4) is 0 Å². The first-order chi connectivity index (χ1) is 11.5. The predicted octanol–water partition coefficient (Wildman–Crippen LogP) is 1.97. The number of hydrogen-bond acceptors (Lipinski definition) is 4. The van der Waals surface area contributed by atoms with E-state index in [2.05, 4.69) is 39.4 Å². The molecule has 1 aromatic rings. The summed E-state index contributed by atoms with van der Waals surface area (Å²) in [7, 11) is 1.81. The van der Waals surface area contributed by atoms with Crippen LogP contribution >= 0.6 is 11.3 Å². The molecule has 24 heavy (non-hydrogen) atoms. The van der Waals surface area contributed by atoms with Crippen LogP contribution < -0.4 is 11.1 Å². The van der Waals surface area contributed by atoms with Crippen molar-refractivity contribution in [3.05, 3.63) is 16.1 Å². The van der Waals surface area contributed by atoms with Gasteiger partial charge in [0.05, 0.1) is 10.7 Å². The molecule has 7 heteroatoms. The number of carbonyl (C=O) groups is 1. The maximum absolute atomic E-state index is 11.1. The highest BCUT2D eigenvalue weighted by Crippen LogP contribution is 2.20. The Hall–Kier alpha value is -1.63. The summed E-state index contributed by atoms with van der Waals surface area (Å²) in [5, 5.41) is 6.76. The summed E-state index contributed by atoms with van der Waals surface area (Å²) in [6.45, 7) is 6.97. The summed E-state index contributed by atoms with van der Waals surface area (Å²) in [5.74, 6) is 1.51. The minimum absolute atomic E-state index is 0.214. The number of rotatable bonds is 6. The van der Waals surface area contributed by atoms with Crippen molar-refractivity contribution in [1.82, 2.24) is 15.2 Å².